The average Bonchev–Trinajstić information content (AvgIpc) is 1.59. The van der Waals surface area contributed by atoms with Gasteiger partial charge >= 0.3 is 5.97 Å². The molecule has 0 fully saturated rings. The summed E-state index contributed by atoms with van der Waals surface area (Å²) in [4.78, 5) is 9.78. The Bertz CT molecular complexity index is 127. The molecule has 0 aromatic carbocycles. The molecule has 5 heteroatoms. The quantitative estimate of drug-likeness (QED) is 0.611. The fourth-order valence-electron chi connectivity index (χ4n) is 0.542. The van der Waals surface area contributed by atoms with Crippen molar-refractivity contribution in [2.45, 2.75) is 12.3 Å². The molecule has 0 heterocycles. The summed E-state index contributed by atoms with van der Waals surface area (Å²) < 4.78 is 24.5. The van der Waals surface area contributed by atoms with Crippen LogP contribution in [0.5, 0.6) is 0 Å². The van der Waals surface area contributed by atoms with Crippen LogP contribution >= 0.6 is 0 Å². The molecule has 0 aliphatic carbocycles. The highest BCUT2D eigenvalue weighted by Crippen LogP contribution is 2.16. The van der Waals surface area contributed by atoms with Crippen molar-refractivity contribution >= 4 is 5.97 Å². The van der Waals surface area contributed by atoms with Gasteiger partial charge in [0.05, 0.1) is 6.54 Å². The monoisotopic (exact) mass is 153 g/mol. The summed E-state index contributed by atoms with van der Waals surface area (Å²) in [7, 11) is 1.34. The zero-order valence-corrected chi connectivity index (χ0v) is 5.53. The van der Waals surface area contributed by atoms with Crippen LogP contribution in [0, 0.1) is 0 Å². The molecule has 10 heavy (non-hydrogen) atoms. The van der Waals surface area contributed by atoms with E-state index in [1.165, 1.54) is 7.05 Å². The Kier molecular flexibility index (Phi) is 3.21. The van der Waals surface area contributed by atoms with Crippen molar-refractivity contribution in [3.8, 4) is 0 Å². The Labute approximate surface area is 57.0 Å². The first kappa shape index (κ1) is 9.29. The number of carboxylic acids is 1. The van der Waals surface area contributed by atoms with Gasteiger partial charge < -0.3 is 10.4 Å². The Morgan fingerprint density at radius 2 is 2.20 bits per heavy atom. The minimum atomic E-state index is -3.14. The van der Waals surface area contributed by atoms with E-state index in [4.69, 9.17) is 5.11 Å². The van der Waals surface area contributed by atoms with Crippen molar-refractivity contribution < 1.29 is 18.7 Å². The van der Waals surface area contributed by atoms with Gasteiger partial charge in [0.25, 0.3) is 5.92 Å². The number of rotatable bonds is 4. The molecule has 0 aromatic rings. The Hall–Kier alpha value is -0.710. The van der Waals surface area contributed by atoms with Gasteiger partial charge in [-0.2, -0.15) is 0 Å². The molecule has 3 nitrogen and oxygen atoms in total. The molecule has 0 rings (SSSR count). The molecular formula is C5H9F2NO2. The van der Waals surface area contributed by atoms with E-state index in [0.717, 1.165) is 0 Å². The van der Waals surface area contributed by atoms with Crippen LogP contribution in [0.3, 0.4) is 0 Å². The van der Waals surface area contributed by atoms with Crippen molar-refractivity contribution in [3.05, 3.63) is 0 Å². The molecule has 0 unspecified atom stereocenters. The molecule has 0 aliphatic rings. The molecule has 60 valence electrons. The van der Waals surface area contributed by atoms with Crippen LogP contribution in [-0.2, 0) is 4.79 Å². The smallest absolute Gasteiger partial charge is 0.309 e. The third-order valence-electron chi connectivity index (χ3n) is 0.845. The average molecular weight is 153 g/mol. The first-order chi connectivity index (χ1) is 4.48. The van der Waals surface area contributed by atoms with Crippen molar-refractivity contribution in [3.63, 3.8) is 0 Å². The zero-order valence-electron chi connectivity index (χ0n) is 5.53. The number of halogens is 2. The number of carboxylic acid groups (broad SMARTS) is 1. The summed E-state index contributed by atoms with van der Waals surface area (Å²) in [5.41, 5.74) is 0. The second-order valence-electron chi connectivity index (χ2n) is 1.96. The number of hydrogen-bond donors (Lipinski definition) is 2. The Morgan fingerprint density at radius 1 is 1.70 bits per heavy atom. The first-order valence-corrected chi connectivity index (χ1v) is 2.72. The summed E-state index contributed by atoms with van der Waals surface area (Å²) in [5, 5.41) is 10.2. The number of nitrogens with one attached hydrogen (secondary N) is 1. The van der Waals surface area contributed by atoms with Gasteiger partial charge in [-0.1, -0.05) is 0 Å². The van der Waals surface area contributed by atoms with E-state index in [0.29, 0.717) is 0 Å². The van der Waals surface area contributed by atoms with Crippen molar-refractivity contribution in [1.29, 1.82) is 0 Å². The van der Waals surface area contributed by atoms with Gasteiger partial charge in [0.2, 0.25) is 0 Å². The van der Waals surface area contributed by atoms with Crippen LogP contribution < -0.4 is 5.32 Å². The van der Waals surface area contributed by atoms with Gasteiger partial charge in [0.1, 0.15) is 6.42 Å². The molecule has 0 atom stereocenters. The standard InChI is InChI=1S/C5H9F2NO2/c1-8-3-5(6,7)2-4(9)10/h8H,2-3H2,1H3,(H,9,10). The SMILES string of the molecule is CNCC(F)(F)CC(=O)O. The summed E-state index contributed by atoms with van der Waals surface area (Å²) in [6.45, 7) is -0.598. The second kappa shape index (κ2) is 3.46. The molecular weight excluding hydrogens is 144 g/mol. The maximum atomic E-state index is 12.2. The van der Waals surface area contributed by atoms with Crippen molar-refractivity contribution in [2.75, 3.05) is 13.6 Å². The van der Waals surface area contributed by atoms with Gasteiger partial charge in [-0.25, -0.2) is 8.78 Å². The summed E-state index contributed by atoms with van der Waals surface area (Å²) >= 11 is 0. The normalized spacial score (nSPS) is 11.5. The minimum Gasteiger partial charge on any atom is -0.481 e. The number of alkyl halides is 2. The largest absolute Gasteiger partial charge is 0.481 e. The summed E-state index contributed by atoms with van der Waals surface area (Å²) in [6, 6.07) is 0. The van der Waals surface area contributed by atoms with Crippen molar-refractivity contribution in [1.82, 2.24) is 5.32 Å². The highest BCUT2D eigenvalue weighted by molar-refractivity contribution is 5.67. The lowest BCUT2D eigenvalue weighted by Crippen LogP contribution is -2.32. The fourth-order valence-corrected chi connectivity index (χ4v) is 0.542. The van der Waals surface area contributed by atoms with E-state index >= 15 is 0 Å². The van der Waals surface area contributed by atoms with Crippen LogP contribution in [-0.4, -0.2) is 30.6 Å². The third-order valence-corrected chi connectivity index (χ3v) is 0.845. The van der Waals surface area contributed by atoms with Gasteiger partial charge in [-0.15, -0.1) is 0 Å². The number of aliphatic carboxylic acids is 1. The predicted octanol–water partition coefficient (Wildman–Crippen LogP) is 0.316. The maximum absolute atomic E-state index is 12.2. The third kappa shape index (κ3) is 4.20. The molecule has 2 N–H and O–H groups in total. The fraction of sp³-hybridized carbons (Fsp3) is 0.800. The predicted molar refractivity (Wildman–Crippen MR) is 31.1 cm³/mol. The summed E-state index contributed by atoms with van der Waals surface area (Å²) in [5.74, 6) is -4.62. The van der Waals surface area contributed by atoms with Gasteiger partial charge in [-0.05, 0) is 7.05 Å². The van der Waals surface area contributed by atoms with Crippen LogP contribution in [0.4, 0.5) is 8.78 Å². The molecule has 0 saturated carbocycles. The van der Waals surface area contributed by atoms with Gasteiger partial charge in [0.15, 0.2) is 0 Å². The van der Waals surface area contributed by atoms with E-state index in [1.54, 1.807) is 0 Å². The van der Waals surface area contributed by atoms with Crippen molar-refractivity contribution in [2.24, 2.45) is 0 Å². The van der Waals surface area contributed by atoms with Gasteiger partial charge in [0, 0.05) is 0 Å². The maximum Gasteiger partial charge on any atom is 0.309 e. The molecule has 0 spiro atoms. The van der Waals surface area contributed by atoms with E-state index in [-0.39, 0.29) is 0 Å². The Balaban J connectivity index is 3.74. The van der Waals surface area contributed by atoms with Crippen LogP contribution in [0.15, 0.2) is 0 Å². The zero-order chi connectivity index (χ0) is 8.20. The van der Waals surface area contributed by atoms with Crippen LogP contribution in [0.1, 0.15) is 6.42 Å². The highest BCUT2D eigenvalue weighted by Gasteiger charge is 2.30. The number of carbonyl (C=O) groups is 1. The minimum absolute atomic E-state index is 0.598. The first-order valence-electron chi connectivity index (χ1n) is 2.72. The van der Waals surface area contributed by atoms with Crippen LogP contribution in [0.25, 0.3) is 0 Å². The number of hydrogen-bond acceptors (Lipinski definition) is 2. The molecule has 0 aliphatic heterocycles. The lowest BCUT2D eigenvalue weighted by molar-refractivity contribution is -0.144. The van der Waals surface area contributed by atoms with E-state index in [1.807, 2.05) is 0 Å². The molecule has 0 bridgehead atoms. The van der Waals surface area contributed by atoms with Crippen LogP contribution in [0.2, 0.25) is 0 Å². The highest BCUT2D eigenvalue weighted by atomic mass is 19.3. The topological polar surface area (TPSA) is 49.3 Å². The van der Waals surface area contributed by atoms with E-state index < -0.39 is 24.9 Å². The lowest BCUT2D eigenvalue weighted by Gasteiger charge is -2.11. The second-order valence-corrected chi connectivity index (χ2v) is 1.96. The lowest BCUT2D eigenvalue weighted by atomic mass is 10.2. The molecule has 0 aromatic heterocycles. The van der Waals surface area contributed by atoms with E-state index in [2.05, 4.69) is 5.32 Å². The molecule has 0 radical (unpaired) electrons. The van der Waals surface area contributed by atoms with E-state index in [9.17, 15) is 13.6 Å². The van der Waals surface area contributed by atoms with Gasteiger partial charge in [-0.3, -0.25) is 4.79 Å². The molecule has 0 saturated heterocycles. The Morgan fingerprint density at radius 3 is 2.50 bits per heavy atom. The summed E-state index contributed by atoms with van der Waals surface area (Å²) in [6.07, 6.45) is -1.12. The molecule has 0 amide bonds.